The Morgan fingerprint density at radius 3 is 2.38 bits per heavy atom. The Bertz CT molecular complexity index is 377. The van der Waals surface area contributed by atoms with Crippen molar-refractivity contribution < 1.29 is 19.0 Å². The third-order valence-corrected chi connectivity index (χ3v) is 2.50. The van der Waals surface area contributed by atoms with E-state index >= 15 is 0 Å². The third kappa shape index (κ3) is 1.99. The molecular weight excluding hydrogens is 213 g/mol. The van der Waals surface area contributed by atoms with Crippen molar-refractivity contribution in [1.29, 1.82) is 0 Å². The summed E-state index contributed by atoms with van der Waals surface area (Å²) in [6.07, 6.45) is -1.61. The molecule has 5 heteroatoms. The van der Waals surface area contributed by atoms with Crippen molar-refractivity contribution in [2.75, 3.05) is 7.11 Å². The van der Waals surface area contributed by atoms with Gasteiger partial charge in [-0.05, 0) is 24.6 Å². The average molecular weight is 227 g/mol. The molecule has 0 amide bonds. The number of hydrogen-bond acceptors (Lipinski definition) is 4. The number of halogens is 1. The van der Waals surface area contributed by atoms with E-state index < -0.39 is 17.7 Å². The van der Waals surface area contributed by atoms with Gasteiger partial charge in [-0.15, -0.1) is 0 Å². The van der Waals surface area contributed by atoms with Gasteiger partial charge in [0.05, 0.1) is 7.11 Å². The summed E-state index contributed by atoms with van der Waals surface area (Å²) in [5.41, 5.74) is 4.15. The molecule has 1 aromatic rings. The molecule has 16 heavy (non-hydrogen) atoms. The van der Waals surface area contributed by atoms with Gasteiger partial charge in [-0.1, -0.05) is 12.1 Å². The highest BCUT2D eigenvalue weighted by Gasteiger charge is 2.43. The first-order valence-corrected chi connectivity index (χ1v) is 4.73. The van der Waals surface area contributed by atoms with E-state index in [4.69, 9.17) is 10.8 Å². The molecule has 0 saturated heterocycles. The molecule has 0 bridgehead atoms. The first-order valence-electron chi connectivity index (χ1n) is 4.73. The van der Waals surface area contributed by atoms with Gasteiger partial charge in [0.2, 0.25) is 0 Å². The molecular formula is C11H14FNO3. The maximum Gasteiger partial charge on any atom is 0.333 e. The summed E-state index contributed by atoms with van der Waals surface area (Å²) in [6, 6.07) is 5.45. The number of hydrogen-bond donors (Lipinski definition) is 2. The summed E-state index contributed by atoms with van der Waals surface area (Å²) >= 11 is 0. The monoisotopic (exact) mass is 227 g/mol. The fraction of sp³-hybridized carbons (Fsp3) is 0.364. The van der Waals surface area contributed by atoms with Crippen molar-refractivity contribution in [1.82, 2.24) is 0 Å². The van der Waals surface area contributed by atoms with Gasteiger partial charge in [-0.25, -0.2) is 9.18 Å². The second kappa shape index (κ2) is 4.49. The molecule has 88 valence electrons. The van der Waals surface area contributed by atoms with Gasteiger partial charge in [-0.2, -0.15) is 0 Å². The van der Waals surface area contributed by atoms with Crippen LogP contribution in [0.25, 0.3) is 0 Å². The van der Waals surface area contributed by atoms with E-state index in [0.29, 0.717) is 0 Å². The molecule has 0 saturated carbocycles. The van der Waals surface area contributed by atoms with E-state index in [1.807, 2.05) is 0 Å². The fourth-order valence-electron chi connectivity index (χ4n) is 1.42. The molecule has 0 aromatic heterocycles. The van der Waals surface area contributed by atoms with Crippen molar-refractivity contribution in [3.63, 3.8) is 0 Å². The molecule has 2 unspecified atom stereocenters. The quantitative estimate of drug-likeness (QED) is 0.758. The molecule has 0 aliphatic carbocycles. The van der Waals surface area contributed by atoms with Crippen molar-refractivity contribution >= 4 is 5.97 Å². The van der Waals surface area contributed by atoms with Crippen molar-refractivity contribution in [2.24, 2.45) is 5.73 Å². The van der Waals surface area contributed by atoms with Gasteiger partial charge in [-0.3, -0.25) is 0 Å². The Morgan fingerprint density at radius 1 is 1.50 bits per heavy atom. The van der Waals surface area contributed by atoms with Crippen molar-refractivity contribution in [3.05, 3.63) is 29.8 Å². The number of nitrogens with two attached hydrogens (primary N) is 1. The van der Waals surface area contributed by atoms with Gasteiger partial charge in [0.15, 0.2) is 5.54 Å². The summed E-state index contributed by atoms with van der Waals surface area (Å²) in [7, 11) is 1.15. The average Bonchev–Trinajstić information content (AvgIpc) is 2.27. The molecule has 0 radical (unpaired) electrons. The lowest BCUT2D eigenvalue weighted by Crippen LogP contribution is -2.52. The minimum absolute atomic E-state index is 0.0162. The van der Waals surface area contributed by atoms with Crippen LogP contribution in [0.2, 0.25) is 0 Å². The highest BCUT2D eigenvalue weighted by atomic mass is 19.1. The van der Waals surface area contributed by atoms with Crippen LogP contribution in [0.15, 0.2) is 24.3 Å². The zero-order valence-electron chi connectivity index (χ0n) is 9.11. The number of aromatic hydroxyl groups is 1. The van der Waals surface area contributed by atoms with Crippen LogP contribution in [-0.4, -0.2) is 24.4 Å². The maximum atomic E-state index is 13.5. The van der Waals surface area contributed by atoms with Gasteiger partial charge in [0, 0.05) is 0 Å². The number of alkyl halides is 1. The van der Waals surface area contributed by atoms with Crippen LogP contribution in [-0.2, 0) is 15.1 Å². The first kappa shape index (κ1) is 12.4. The lowest BCUT2D eigenvalue weighted by molar-refractivity contribution is -0.150. The fourth-order valence-corrected chi connectivity index (χ4v) is 1.42. The summed E-state index contributed by atoms with van der Waals surface area (Å²) in [5, 5.41) is 9.11. The van der Waals surface area contributed by atoms with E-state index in [1.54, 1.807) is 0 Å². The van der Waals surface area contributed by atoms with Crippen LogP contribution in [0, 0.1) is 0 Å². The Hall–Kier alpha value is -1.62. The number of methoxy groups -OCH3 is 1. The topological polar surface area (TPSA) is 72.5 Å². The number of esters is 1. The summed E-state index contributed by atoms with van der Waals surface area (Å²) < 4.78 is 18.0. The zero-order chi connectivity index (χ0) is 12.3. The summed E-state index contributed by atoms with van der Waals surface area (Å²) in [4.78, 5) is 11.5. The minimum atomic E-state index is -1.84. The molecule has 3 N–H and O–H groups in total. The molecule has 0 aliphatic rings. The number of benzene rings is 1. The standard InChI is InChI=1S/C11H14FNO3/c1-7(12)11(13,10(15)16-2)8-3-5-9(14)6-4-8/h3-7,14H,13H2,1-2H3. The molecule has 1 rings (SSSR count). The lowest BCUT2D eigenvalue weighted by Gasteiger charge is -2.28. The van der Waals surface area contributed by atoms with Gasteiger partial charge < -0.3 is 15.6 Å². The third-order valence-electron chi connectivity index (χ3n) is 2.50. The number of ether oxygens (including phenoxy) is 1. The molecule has 2 atom stereocenters. The molecule has 1 aromatic carbocycles. The van der Waals surface area contributed by atoms with Crippen molar-refractivity contribution in [2.45, 2.75) is 18.6 Å². The van der Waals surface area contributed by atoms with Crippen molar-refractivity contribution in [3.8, 4) is 5.75 Å². The molecule has 0 fully saturated rings. The molecule has 0 spiro atoms. The molecule has 4 nitrogen and oxygen atoms in total. The normalized spacial score (nSPS) is 16.2. The maximum absolute atomic E-state index is 13.5. The van der Waals surface area contributed by atoms with E-state index in [0.717, 1.165) is 7.11 Å². The highest BCUT2D eigenvalue weighted by molar-refractivity contribution is 5.83. The zero-order valence-corrected chi connectivity index (χ0v) is 9.11. The Balaban J connectivity index is 3.21. The minimum Gasteiger partial charge on any atom is -0.508 e. The Kier molecular flexibility index (Phi) is 3.49. The molecule has 0 heterocycles. The second-order valence-electron chi connectivity index (χ2n) is 3.52. The first-order chi connectivity index (χ1) is 7.42. The number of carbonyl (C=O) groups excluding carboxylic acids is 1. The van der Waals surface area contributed by atoms with Gasteiger partial charge in [0.1, 0.15) is 11.9 Å². The van der Waals surface area contributed by atoms with Crippen LogP contribution in [0.5, 0.6) is 5.75 Å². The van der Waals surface area contributed by atoms with E-state index in [1.165, 1.54) is 31.2 Å². The van der Waals surface area contributed by atoms with Crippen LogP contribution >= 0.6 is 0 Å². The van der Waals surface area contributed by atoms with Gasteiger partial charge >= 0.3 is 5.97 Å². The van der Waals surface area contributed by atoms with Crippen LogP contribution in [0.1, 0.15) is 12.5 Å². The predicted octanol–water partition coefficient (Wildman–Crippen LogP) is 1.08. The van der Waals surface area contributed by atoms with E-state index in [-0.39, 0.29) is 11.3 Å². The smallest absolute Gasteiger partial charge is 0.333 e. The SMILES string of the molecule is COC(=O)C(N)(c1ccc(O)cc1)C(C)F. The Morgan fingerprint density at radius 2 is 2.00 bits per heavy atom. The number of carbonyl (C=O) groups is 1. The summed E-state index contributed by atoms with van der Waals surface area (Å²) in [5.74, 6) is -0.837. The van der Waals surface area contributed by atoms with Crippen LogP contribution in [0.3, 0.4) is 0 Å². The second-order valence-corrected chi connectivity index (χ2v) is 3.52. The number of phenolic OH excluding ortho intramolecular Hbond substituents is 1. The van der Waals surface area contributed by atoms with E-state index in [2.05, 4.69) is 4.74 Å². The van der Waals surface area contributed by atoms with Crippen LogP contribution in [0.4, 0.5) is 4.39 Å². The largest absolute Gasteiger partial charge is 0.508 e. The lowest BCUT2D eigenvalue weighted by atomic mass is 9.87. The van der Waals surface area contributed by atoms with Crippen LogP contribution < -0.4 is 5.73 Å². The summed E-state index contributed by atoms with van der Waals surface area (Å²) in [6.45, 7) is 1.18. The predicted molar refractivity (Wildman–Crippen MR) is 56.6 cm³/mol. The van der Waals surface area contributed by atoms with E-state index in [9.17, 15) is 9.18 Å². The number of phenols is 1. The highest BCUT2D eigenvalue weighted by Crippen LogP contribution is 2.27. The Labute approximate surface area is 92.8 Å². The number of rotatable bonds is 3. The van der Waals surface area contributed by atoms with Gasteiger partial charge in [0.25, 0.3) is 0 Å². The molecule has 0 aliphatic heterocycles.